The fourth-order valence-corrected chi connectivity index (χ4v) is 5.82. The Balaban J connectivity index is 1.69. The maximum atomic E-state index is 13.0. The van der Waals surface area contributed by atoms with Gasteiger partial charge in [0.15, 0.2) is 0 Å². The van der Waals surface area contributed by atoms with E-state index in [1.165, 1.54) is 0 Å². The minimum absolute atomic E-state index is 0.0375. The molecule has 5 nitrogen and oxygen atoms in total. The minimum Gasteiger partial charge on any atom is -0.241 e. The average Bonchev–Trinajstić information content (AvgIpc) is 2.85. The molecule has 2 atom stereocenters. The second kappa shape index (κ2) is 5.39. The molecule has 1 aromatic heterocycles. The Bertz CT molecular complexity index is 836. The highest BCUT2D eigenvalue weighted by Gasteiger charge is 2.46. The number of aryl methyl sites for hydroxylation is 1. The quantitative estimate of drug-likeness (QED) is 0.867. The largest absolute Gasteiger partial charge is 0.241 e. The van der Waals surface area contributed by atoms with Crippen LogP contribution in [0.15, 0.2) is 36.5 Å². The van der Waals surface area contributed by atoms with Gasteiger partial charge in [0.05, 0.1) is 17.5 Å². The molecule has 2 aliphatic rings. The minimum atomic E-state index is -3.35. The van der Waals surface area contributed by atoms with Gasteiger partial charge < -0.3 is 0 Å². The molecule has 0 aliphatic carbocycles. The van der Waals surface area contributed by atoms with E-state index in [0.29, 0.717) is 6.42 Å². The molecule has 3 heterocycles. The van der Waals surface area contributed by atoms with Crippen LogP contribution in [0.5, 0.6) is 0 Å². The number of rotatable bonds is 3. The SMILES string of the molecule is Cc1ncc2c(n1)C[C@@H]1CC[C@H]2N1S(=O)(=O)Cc1ccccc1. The van der Waals surface area contributed by atoms with Crippen molar-refractivity contribution >= 4 is 10.0 Å². The molecule has 0 amide bonds. The second-order valence-corrected chi connectivity index (χ2v) is 8.22. The Hall–Kier alpha value is -1.79. The number of aromatic nitrogens is 2. The van der Waals surface area contributed by atoms with Crippen LogP contribution in [-0.2, 0) is 22.2 Å². The van der Waals surface area contributed by atoms with Crippen LogP contribution >= 0.6 is 0 Å². The summed E-state index contributed by atoms with van der Waals surface area (Å²) in [5.74, 6) is 0.812. The molecule has 120 valence electrons. The zero-order valence-corrected chi connectivity index (χ0v) is 13.8. The summed E-state index contributed by atoms with van der Waals surface area (Å²) >= 11 is 0. The van der Waals surface area contributed by atoms with Gasteiger partial charge in [-0.1, -0.05) is 30.3 Å². The van der Waals surface area contributed by atoms with Crippen LogP contribution in [0, 0.1) is 6.92 Å². The molecule has 1 aromatic carbocycles. The number of hydrogen-bond donors (Lipinski definition) is 0. The van der Waals surface area contributed by atoms with Crippen molar-refractivity contribution in [1.82, 2.24) is 14.3 Å². The highest BCUT2D eigenvalue weighted by molar-refractivity contribution is 7.88. The molecule has 0 spiro atoms. The molecule has 0 saturated carbocycles. The number of hydrogen-bond acceptors (Lipinski definition) is 4. The van der Waals surface area contributed by atoms with E-state index in [-0.39, 0.29) is 17.8 Å². The van der Waals surface area contributed by atoms with Gasteiger partial charge in [-0.25, -0.2) is 18.4 Å². The summed E-state index contributed by atoms with van der Waals surface area (Å²) in [4.78, 5) is 8.80. The first-order chi connectivity index (χ1) is 11.0. The average molecular weight is 329 g/mol. The molecule has 2 bridgehead atoms. The molecule has 0 unspecified atom stereocenters. The molecule has 6 heteroatoms. The maximum Gasteiger partial charge on any atom is 0.219 e. The lowest BCUT2D eigenvalue weighted by Crippen LogP contribution is -2.42. The third-order valence-corrected chi connectivity index (χ3v) is 6.66. The van der Waals surface area contributed by atoms with Gasteiger partial charge in [0, 0.05) is 24.2 Å². The fraction of sp³-hybridized carbons (Fsp3) is 0.412. The van der Waals surface area contributed by atoms with Gasteiger partial charge in [-0.2, -0.15) is 4.31 Å². The Kier molecular flexibility index (Phi) is 3.46. The van der Waals surface area contributed by atoms with E-state index in [2.05, 4.69) is 9.97 Å². The molecule has 1 saturated heterocycles. The van der Waals surface area contributed by atoms with Crippen molar-refractivity contribution in [3.63, 3.8) is 0 Å². The van der Waals surface area contributed by atoms with Crippen LogP contribution in [0.2, 0.25) is 0 Å². The second-order valence-electron chi connectivity index (χ2n) is 6.34. The smallest absolute Gasteiger partial charge is 0.219 e. The molecular weight excluding hydrogens is 310 g/mol. The summed E-state index contributed by atoms with van der Waals surface area (Å²) < 4.78 is 27.7. The third kappa shape index (κ3) is 2.56. The third-order valence-electron chi connectivity index (χ3n) is 4.76. The van der Waals surface area contributed by atoms with E-state index in [1.54, 1.807) is 4.31 Å². The van der Waals surface area contributed by atoms with Crippen LogP contribution < -0.4 is 0 Å². The highest BCUT2D eigenvalue weighted by atomic mass is 32.2. The summed E-state index contributed by atoms with van der Waals surface area (Å²) in [6.07, 6.45) is 4.27. The fourth-order valence-electron chi connectivity index (χ4n) is 3.82. The van der Waals surface area contributed by atoms with Gasteiger partial charge in [-0.15, -0.1) is 0 Å². The summed E-state index contributed by atoms with van der Waals surface area (Å²) in [7, 11) is -3.35. The van der Waals surface area contributed by atoms with Gasteiger partial charge >= 0.3 is 0 Å². The van der Waals surface area contributed by atoms with Gasteiger partial charge in [0.25, 0.3) is 0 Å². The van der Waals surface area contributed by atoms with Gasteiger partial charge in [-0.05, 0) is 25.3 Å². The van der Waals surface area contributed by atoms with Crippen LogP contribution in [-0.4, -0.2) is 28.7 Å². The van der Waals surface area contributed by atoms with Crippen molar-refractivity contribution in [2.75, 3.05) is 0 Å². The topological polar surface area (TPSA) is 63.2 Å². The Labute approximate surface area is 136 Å². The van der Waals surface area contributed by atoms with Crippen LogP contribution in [0.25, 0.3) is 0 Å². The maximum absolute atomic E-state index is 13.0. The number of benzene rings is 1. The molecule has 2 aromatic rings. The Morgan fingerprint density at radius 2 is 2.00 bits per heavy atom. The van der Waals surface area contributed by atoms with Gasteiger partial charge in [0.1, 0.15) is 5.82 Å². The Morgan fingerprint density at radius 3 is 2.78 bits per heavy atom. The number of fused-ring (bicyclic) bond motifs is 4. The predicted molar refractivity (Wildman–Crippen MR) is 87.1 cm³/mol. The number of nitrogens with zero attached hydrogens (tertiary/aromatic N) is 3. The summed E-state index contributed by atoms with van der Waals surface area (Å²) in [6.45, 7) is 1.88. The van der Waals surface area contributed by atoms with Crippen molar-refractivity contribution in [2.45, 2.75) is 44.0 Å². The first-order valence-electron chi connectivity index (χ1n) is 7.92. The van der Waals surface area contributed by atoms with Crippen molar-refractivity contribution in [1.29, 1.82) is 0 Å². The molecule has 4 rings (SSSR count). The van der Waals surface area contributed by atoms with E-state index < -0.39 is 10.0 Å². The molecule has 2 aliphatic heterocycles. The van der Waals surface area contributed by atoms with Crippen molar-refractivity contribution in [2.24, 2.45) is 0 Å². The predicted octanol–water partition coefficient (Wildman–Crippen LogP) is 2.38. The van der Waals surface area contributed by atoms with Crippen LogP contribution in [0.3, 0.4) is 0 Å². The lowest BCUT2D eigenvalue weighted by atomic mass is 10.0. The molecule has 1 fully saturated rings. The van der Waals surface area contributed by atoms with Crippen molar-refractivity contribution in [3.05, 3.63) is 59.2 Å². The van der Waals surface area contributed by atoms with Crippen LogP contribution in [0.1, 0.15) is 41.5 Å². The lowest BCUT2D eigenvalue weighted by Gasteiger charge is -2.34. The summed E-state index contributed by atoms with van der Waals surface area (Å²) in [5.41, 5.74) is 2.84. The summed E-state index contributed by atoms with van der Waals surface area (Å²) in [6, 6.07) is 9.32. The van der Waals surface area contributed by atoms with Gasteiger partial charge in [0.2, 0.25) is 10.0 Å². The van der Waals surface area contributed by atoms with E-state index in [9.17, 15) is 8.42 Å². The lowest BCUT2D eigenvalue weighted by molar-refractivity contribution is 0.299. The zero-order chi connectivity index (χ0) is 16.0. The molecule has 23 heavy (non-hydrogen) atoms. The zero-order valence-electron chi connectivity index (χ0n) is 13.0. The normalized spacial score (nSPS) is 23.7. The first kappa shape index (κ1) is 14.8. The van der Waals surface area contributed by atoms with Gasteiger partial charge in [-0.3, -0.25) is 0 Å². The molecule has 0 radical (unpaired) electrons. The first-order valence-corrected chi connectivity index (χ1v) is 9.53. The Morgan fingerprint density at radius 1 is 1.22 bits per heavy atom. The molecule has 0 N–H and O–H groups in total. The van der Waals surface area contributed by atoms with Crippen molar-refractivity contribution < 1.29 is 8.42 Å². The van der Waals surface area contributed by atoms with E-state index >= 15 is 0 Å². The number of sulfonamides is 1. The monoisotopic (exact) mass is 329 g/mol. The van der Waals surface area contributed by atoms with Crippen LogP contribution in [0.4, 0.5) is 0 Å². The van der Waals surface area contributed by atoms with E-state index in [4.69, 9.17) is 0 Å². The summed E-state index contributed by atoms with van der Waals surface area (Å²) in [5, 5.41) is 0. The standard InChI is InChI=1S/C17H19N3O2S/c1-12-18-10-15-16(19-12)9-14-7-8-17(15)20(14)23(21,22)11-13-5-3-2-4-6-13/h2-6,10,14,17H,7-9,11H2,1H3/t14-,17+/m0/s1. The highest BCUT2D eigenvalue weighted by Crippen LogP contribution is 2.45. The van der Waals surface area contributed by atoms with Crippen molar-refractivity contribution in [3.8, 4) is 0 Å². The van der Waals surface area contributed by atoms with E-state index in [0.717, 1.165) is 35.5 Å². The van der Waals surface area contributed by atoms with E-state index in [1.807, 2.05) is 43.5 Å². The molecular formula is C17H19N3O2S.